The fraction of sp³-hybridized carbons (Fsp3) is 0.278. The predicted octanol–water partition coefficient (Wildman–Crippen LogP) is 4.83. The van der Waals surface area contributed by atoms with E-state index in [9.17, 15) is 4.79 Å². The van der Waals surface area contributed by atoms with Crippen molar-refractivity contribution in [3.8, 4) is 11.5 Å². The van der Waals surface area contributed by atoms with Crippen LogP contribution in [0.1, 0.15) is 26.7 Å². The number of hydrogen-bond acceptors (Lipinski definition) is 3. The molecule has 0 aliphatic rings. The molecular formula is C18H22O3. The molecule has 2 aromatic carbocycles. The van der Waals surface area contributed by atoms with Gasteiger partial charge in [-0.05, 0) is 30.7 Å². The second-order valence-corrected chi connectivity index (χ2v) is 4.42. The van der Waals surface area contributed by atoms with Crippen molar-refractivity contribution in [2.24, 2.45) is 0 Å². The number of rotatable bonds is 5. The fourth-order valence-corrected chi connectivity index (χ4v) is 1.47. The Morgan fingerprint density at radius 3 is 1.76 bits per heavy atom. The van der Waals surface area contributed by atoms with E-state index in [1.54, 1.807) is 0 Å². The van der Waals surface area contributed by atoms with Crippen molar-refractivity contribution in [3.63, 3.8) is 0 Å². The molecule has 0 amide bonds. The maximum Gasteiger partial charge on any atom is 0.302 e. The van der Waals surface area contributed by atoms with E-state index in [0.29, 0.717) is 6.61 Å². The van der Waals surface area contributed by atoms with E-state index in [0.717, 1.165) is 24.3 Å². The Kier molecular flexibility index (Phi) is 8.38. The van der Waals surface area contributed by atoms with Crippen LogP contribution in [0, 0.1) is 0 Å². The van der Waals surface area contributed by atoms with Gasteiger partial charge in [-0.2, -0.15) is 0 Å². The molecule has 0 bridgehead atoms. The molecule has 0 saturated heterocycles. The van der Waals surface area contributed by atoms with Crippen LogP contribution in [0.4, 0.5) is 0 Å². The minimum atomic E-state index is -0.182. The van der Waals surface area contributed by atoms with E-state index in [4.69, 9.17) is 4.74 Å². The monoisotopic (exact) mass is 286 g/mol. The second kappa shape index (κ2) is 10.5. The molecule has 0 radical (unpaired) electrons. The largest absolute Gasteiger partial charge is 0.466 e. The smallest absolute Gasteiger partial charge is 0.302 e. The van der Waals surface area contributed by atoms with Crippen LogP contribution in [0.25, 0.3) is 0 Å². The van der Waals surface area contributed by atoms with Crippen LogP contribution in [0.5, 0.6) is 11.5 Å². The van der Waals surface area contributed by atoms with Crippen molar-refractivity contribution < 1.29 is 14.3 Å². The third-order valence-electron chi connectivity index (χ3n) is 2.53. The molecule has 0 aliphatic heterocycles. The first-order valence-electron chi connectivity index (χ1n) is 7.13. The topological polar surface area (TPSA) is 35.5 Å². The number of unbranched alkanes of at least 4 members (excludes halogenated alkanes) is 1. The number of benzene rings is 2. The molecule has 3 heteroatoms. The molecule has 21 heavy (non-hydrogen) atoms. The van der Waals surface area contributed by atoms with Crippen LogP contribution in [-0.4, -0.2) is 12.6 Å². The zero-order valence-corrected chi connectivity index (χ0v) is 12.6. The number of carbonyl (C=O) groups excluding carboxylic acids is 1. The highest BCUT2D eigenvalue weighted by Crippen LogP contribution is 2.19. The Morgan fingerprint density at radius 1 is 0.905 bits per heavy atom. The maximum absolute atomic E-state index is 10.1. The summed E-state index contributed by atoms with van der Waals surface area (Å²) in [7, 11) is 0. The molecule has 2 aromatic rings. The van der Waals surface area contributed by atoms with E-state index in [2.05, 4.69) is 11.7 Å². The lowest BCUT2D eigenvalue weighted by Crippen LogP contribution is -1.99. The molecule has 112 valence electrons. The average Bonchev–Trinajstić information content (AvgIpc) is 2.50. The number of para-hydroxylation sites is 2. The van der Waals surface area contributed by atoms with Gasteiger partial charge in [0.15, 0.2) is 0 Å². The van der Waals surface area contributed by atoms with Gasteiger partial charge in [-0.15, -0.1) is 0 Å². The molecule has 0 saturated carbocycles. The normalized spacial score (nSPS) is 9.24. The van der Waals surface area contributed by atoms with Crippen molar-refractivity contribution in [2.45, 2.75) is 26.7 Å². The first-order valence-corrected chi connectivity index (χ1v) is 7.13. The lowest BCUT2D eigenvalue weighted by Gasteiger charge is -2.03. The summed E-state index contributed by atoms with van der Waals surface area (Å²) < 4.78 is 10.2. The Hall–Kier alpha value is -2.29. The molecule has 0 heterocycles. The summed E-state index contributed by atoms with van der Waals surface area (Å²) >= 11 is 0. The molecule has 0 aromatic heterocycles. The maximum atomic E-state index is 10.1. The van der Waals surface area contributed by atoms with Crippen molar-refractivity contribution in [3.05, 3.63) is 60.7 Å². The minimum absolute atomic E-state index is 0.182. The van der Waals surface area contributed by atoms with E-state index in [1.165, 1.54) is 6.92 Å². The molecule has 3 nitrogen and oxygen atoms in total. The van der Waals surface area contributed by atoms with E-state index >= 15 is 0 Å². The number of esters is 1. The Morgan fingerprint density at radius 2 is 1.38 bits per heavy atom. The Balaban J connectivity index is 0.000000240. The summed E-state index contributed by atoms with van der Waals surface area (Å²) in [6.45, 7) is 4.06. The van der Waals surface area contributed by atoms with Gasteiger partial charge >= 0.3 is 5.97 Å². The van der Waals surface area contributed by atoms with Gasteiger partial charge < -0.3 is 9.47 Å². The lowest BCUT2D eigenvalue weighted by atomic mass is 10.3. The number of carbonyl (C=O) groups is 1. The van der Waals surface area contributed by atoms with Crippen LogP contribution in [0.15, 0.2) is 60.7 Å². The summed E-state index contributed by atoms with van der Waals surface area (Å²) in [4.78, 5) is 10.1. The Bertz CT molecular complexity index is 457. The minimum Gasteiger partial charge on any atom is -0.466 e. The van der Waals surface area contributed by atoms with E-state index in [1.807, 2.05) is 60.7 Å². The van der Waals surface area contributed by atoms with Gasteiger partial charge in [-0.1, -0.05) is 49.7 Å². The van der Waals surface area contributed by atoms with Crippen LogP contribution >= 0.6 is 0 Å². The third kappa shape index (κ3) is 8.47. The lowest BCUT2D eigenvalue weighted by molar-refractivity contribution is -0.141. The van der Waals surface area contributed by atoms with Crippen LogP contribution < -0.4 is 4.74 Å². The highest BCUT2D eigenvalue weighted by Gasteiger charge is 1.92. The first-order chi connectivity index (χ1) is 10.2. The van der Waals surface area contributed by atoms with Crippen molar-refractivity contribution in [1.29, 1.82) is 0 Å². The van der Waals surface area contributed by atoms with Gasteiger partial charge in [-0.25, -0.2) is 0 Å². The third-order valence-corrected chi connectivity index (χ3v) is 2.53. The Labute approximate surface area is 126 Å². The zero-order valence-electron chi connectivity index (χ0n) is 12.6. The van der Waals surface area contributed by atoms with E-state index in [-0.39, 0.29) is 5.97 Å². The number of hydrogen-bond donors (Lipinski definition) is 0. The van der Waals surface area contributed by atoms with Crippen LogP contribution in [0.2, 0.25) is 0 Å². The summed E-state index contributed by atoms with van der Waals surface area (Å²) in [6.07, 6.45) is 2.05. The van der Waals surface area contributed by atoms with Gasteiger partial charge in [0.1, 0.15) is 11.5 Å². The molecule has 0 fully saturated rings. The van der Waals surface area contributed by atoms with Gasteiger partial charge in [0.25, 0.3) is 0 Å². The van der Waals surface area contributed by atoms with Gasteiger partial charge in [0.2, 0.25) is 0 Å². The van der Waals surface area contributed by atoms with Gasteiger partial charge in [0, 0.05) is 6.92 Å². The fourth-order valence-electron chi connectivity index (χ4n) is 1.47. The van der Waals surface area contributed by atoms with Crippen molar-refractivity contribution in [2.75, 3.05) is 6.61 Å². The first kappa shape index (κ1) is 16.8. The molecule has 0 unspecified atom stereocenters. The SMILES string of the molecule is CCCCOC(C)=O.c1ccc(Oc2ccccc2)cc1. The standard InChI is InChI=1S/C12H10O.C6H12O2/c1-3-7-11(8-4-1)13-12-9-5-2-6-10-12;1-3-4-5-8-6(2)7/h1-10H;3-5H2,1-2H3. The highest BCUT2D eigenvalue weighted by atomic mass is 16.5. The number of ether oxygens (including phenoxy) is 2. The summed E-state index contributed by atoms with van der Waals surface area (Å²) in [5.41, 5.74) is 0. The predicted molar refractivity (Wildman–Crippen MR) is 84.5 cm³/mol. The second-order valence-electron chi connectivity index (χ2n) is 4.42. The molecule has 0 atom stereocenters. The summed E-state index contributed by atoms with van der Waals surface area (Å²) in [5.74, 6) is 1.56. The van der Waals surface area contributed by atoms with Crippen molar-refractivity contribution in [1.82, 2.24) is 0 Å². The average molecular weight is 286 g/mol. The quantitative estimate of drug-likeness (QED) is 0.583. The van der Waals surface area contributed by atoms with Crippen LogP contribution in [-0.2, 0) is 9.53 Å². The molecular weight excluding hydrogens is 264 g/mol. The van der Waals surface area contributed by atoms with Crippen LogP contribution in [0.3, 0.4) is 0 Å². The van der Waals surface area contributed by atoms with E-state index < -0.39 is 0 Å². The molecule has 2 rings (SSSR count). The zero-order chi connectivity index (χ0) is 15.3. The highest BCUT2D eigenvalue weighted by molar-refractivity contribution is 5.65. The molecule has 0 aliphatic carbocycles. The molecule has 0 N–H and O–H groups in total. The molecule has 0 spiro atoms. The van der Waals surface area contributed by atoms with Crippen molar-refractivity contribution >= 4 is 5.97 Å². The van der Waals surface area contributed by atoms with Gasteiger partial charge in [-0.3, -0.25) is 4.79 Å². The van der Waals surface area contributed by atoms with Gasteiger partial charge in [0.05, 0.1) is 6.61 Å². The summed E-state index contributed by atoms with van der Waals surface area (Å²) in [6, 6.07) is 19.5. The summed E-state index contributed by atoms with van der Waals surface area (Å²) in [5, 5.41) is 0.